The average molecular weight is 329 g/mol. The summed E-state index contributed by atoms with van der Waals surface area (Å²) in [6, 6.07) is 7.77. The molecular weight excluding hydrogens is 314 g/mol. The van der Waals surface area contributed by atoms with E-state index in [1.807, 2.05) is 18.2 Å². The molecule has 0 unspecified atom stereocenters. The van der Waals surface area contributed by atoms with Crippen molar-refractivity contribution in [1.82, 2.24) is 25.2 Å². The molecule has 1 aliphatic rings. The van der Waals surface area contributed by atoms with Crippen LogP contribution in [0.4, 0.5) is 4.79 Å². The predicted octanol–water partition coefficient (Wildman–Crippen LogP) is 0.138. The maximum absolute atomic E-state index is 11.9. The van der Waals surface area contributed by atoms with Gasteiger partial charge in [0.25, 0.3) is 0 Å². The van der Waals surface area contributed by atoms with Crippen molar-refractivity contribution >= 4 is 18.3 Å². The second kappa shape index (κ2) is 6.49. The highest BCUT2D eigenvalue weighted by molar-refractivity contribution is 5.92. The summed E-state index contributed by atoms with van der Waals surface area (Å²) >= 11 is 0. The van der Waals surface area contributed by atoms with Gasteiger partial charge in [-0.25, -0.2) is 4.79 Å². The van der Waals surface area contributed by atoms with Gasteiger partial charge in [0, 0.05) is 6.54 Å². The second-order valence-electron chi connectivity index (χ2n) is 5.40. The Bertz CT molecular complexity index is 760. The van der Waals surface area contributed by atoms with Gasteiger partial charge in [0.05, 0.1) is 18.8 Å². The van der Waals surface area contributed by atoms with Crippen LogP contribution >= 0.6 is 0 Å². The highest BCUT2D eigenvalue weighted by atomic mass is 16.4. The van der Waals surface area contributed by atoms with Crippen molar-refractivity contribution in [3.05, 3.63) is 47.8 Å². The Morgan fingerprint density at radius 3 is 2.71 bits per heavy atom. The van der Waals surface area contributed by atoms with Gasteiger partial charge >= 0.3 is 6.09 Å². The van der Waals surface area contributed by atoms with E-state index in [1.54, 1.807) is 12.1 Å². The van der Waals surface area contributed by atoms with E-state index in [-0.39, 0.29) is 24.7 Å². The quantitative estimate of drug-likeness (QED) is 0.575. The molecular formula is C15H15N5O4. The molecule has 0 spiro atoms. The molecule has 1 saturated heterocycles. The van der Waals surface area contributed by atoms with E-state index >= 15 is 0 Å². The average Bonchev–Trinajstić information content (AvgIpc) is 3.02. The lowest BCUT2D eigenvalue weighted by Gasteiger charge is -2.42. The molecule has 1 fully saturated rings. The first-order valence-electron chi connectivity index (χ1n) is 7.27. The number of rotatable bonds is 6. The van der Waals surface area contributed by atoms with Crippen molar-refractivity contribution in [2.45, 2.75) is 25.2 Å². The number of aldehydes is 1. The lowest BCUT2D eigenvalue weighted by molar-refractivity contribution is -0.137. The number of carbonyl (C=O) groups excluding carboxylic acids is 2. The lowest BCUT2D eigenvalue weighted by Crippen LogP contribution is -2.70. The number of nitrogens with zero attached hydrogens (tertiary/aromatic N) is 4. The maximum atomic E-state index is 11.9. The molecule has 1 aromatic heterocycles. The minimum atomic E-state index is -1.18. The Labute approximate surface area is 136 Å². The zero-order valence-corrected chi connectivity index (χ0v) is 12.6. The molecule has 2 atom stereocenters. The van der Waals surface area contributed by atoms with Crippen molar-refractivity contribution < 1.29 is 19.5 Å². The molecule has 124 valence electrons. The molecule has 2 N–H and O–H groups in total. The fourth-order valence-corrected chi connectivity index (χ4v) is 2.63. The van der Waals surface area contributed by atoms with Crippen LogP contribution in [0.25, 0.3) is 0 Å². The van der Waals surface area contributed by atoms with Gasteiger partial charge < -0.3 is 10.4 Å². The minimum absolute atomic E-state index is 0.108. The SMILES string of the molecule is O=Cc1cnn(C[C@@H]2NC(=O)[C@H]2N(Cc2ccccc2)C(=O)O)n1. The molecule has 2 aromatic rings. The zero-order valence-electron chi connectivity index (χ0n) is 12.6. The molecule has 3 rings (SSSR count). The number of amides is 2. The summed E-state index contributed by atoms with van der Waals surface area (Å²) in [4.78, 5) is 36.5. The van der Waals surface area contributed by atoms with Gasteiger partial charge in [-0.2, -0.15) is 15.0 Å². The highest BCUT2D eigenvalue weighted by Gasteiger charge is 2.46. The third-order valence-electron chi connectivity index (χ3n) is 3.79. The van der Waals surface area contributed by atoms with Crippen LogP contribution in [-0.4, -0.2) is 55.4 Å². The second-order valence-corrected chi connectivity index (χ2v) is 5.40. The summed E-state index contributed by atoms with van der Waals surface area (Å²) in [7, 11) is 0. The first-order chi connectivity index (χ1) is 11.6. The topological polar surface area (TPSA) is 117 Å². The predicted molar refractivity (Wildman–Crippen MR) is 81.1 cm³/mol. The molecule has 0 saturated carbocycles. The van der Waals surface area contributed by atoms with Crippen LogP contribution in [0.15, 0.2) is 36.5 Å². The molecule has 0 radical (unpaired) electrons. The van der Waals surface area contributed by atoms with Crippen LogP contribution in [0.5, 0.6) is 0 Å². The van der Waals surface area contributed by atoms with Crippen LogP contribution in [-0.2, 0) is 17.9 Å². The Hall–Kier alpha value is -3.23. The van der Waals surface area contributed by atoms with E-state index < -0.39 is 18.2 Å². The largest absolute Gasteiger partial charge is 0.465 e. The molecule has 9 nitrogen and oxygen atoms in total. The summed E-state index contributed by atoms with van der Waals surface area (Å²) in [6.45, 7) is 0.291. The van der Waals surface area contributed by atoms with Crippen molar-refractivity contribution in [3.63, 3.8) is 0 Å². The number of β-lactam (4-membered cyclic amide) rings is 1. The van der Waals surface area contributed by atoms with Crippen molar-refractivity contribution in [1.29, 1.82) is 0 Å². The highest BCUT2D eigenvalue weighted by Crippen LogP contribution is 2.19. The molecule has 2 amide bonds. The van der Waals surface area contributed by atoms with Gasteiger partial charge in [0.1, 0.15) is 11.7 Å². The van der Waals surface area contributed by atoms with Crippen molar-refractivity contribution in [3.8, 4) is 0 Å². The summed E-state index contributed by atoms with van der Waals surface area (Å²) < 4.78 is 0. The molecule has 9 heteroatoms. The van der Waals surface area contributed by atoms with Crippen LogP contribution in [0.1, 0.15) is 16.1 Å². The van der Waals surface area contributed by atoms with Crippen LogP contribution < -0.4 is 5.32 Å². The van der Waals surface area contributed by atoms with Gasteiger partial charge in [-0.3, -0.25) is 14.5 Å². The third-order valence-corrected chi connectivity index (χ3v) is 3.79. The fourth-order valence-electron chi connectivity index (χ4n) is 2.63. The van der Waals surface area contributed by atoms with E-state index in [1.165, 1.54) is 11.0 Å². The number of benzene rings is 1. The van der Waals surface area contributed by atoms with E-state index in [0.717, 1.165) is 10.5 Å². The van der Waals surface area contributed by atoms with Crippen LogP contribution in [0.3, 0.4) is 0 Å². The standard InChI is InChI=1S/C15H15N5O4/c21-9-11-6-16-20(18-11)8-12-13(14(22)17-12)19(15(23)24)7-10-4-2-1-3-5-10/h1-6,9,12-13H,7-8H2,(H,17,22)(H,23,24)/t12-,13-/m0/s1. The molecule has 0 aliphatic carbocycles. The van der Waals surface area contributed by atoms with E-state index in [9.17, 15) is 19.5 Å². The van der Waals surface area contributed by atoms with Gasteiger partial charge in [-0.05, 0) is 5.56 Å². The van der Waals surface area contributed by atoms with Gasteiger partial charge in [-0.1, -0.05) is 30.3 Å². The first-order valence-corrected chi connectivity index (χ1v) is 7.27. The summed E-state index contributed by atoms with van der Waals surface area (Å²) in [6.07, 6.45) is 0.700. The van der Waals surface area contributed by atoms with Crippen LogP contribution in [0, 0.1) is 0 Å². The fraction of sp³-hybridized carbons (Fsp3) is 0.267. The number of hydrogen-bond donors (Lipinski definition) is 2. The summed E-state index contributed by atoms with van der Waals surface area (Å²) in [5, 5.41) is 20.0. The zero-order chi connectivity index (χ0) is 17.1. The molecule has 0 bridgehead atoms. The monoisotopic (exact) mass is 329 g/mol. The molecule has 1 aliphatic heterocycles. The number of aromatic nitrogens is 3. The first kappa shape index (κ1) is 15.7. The van der Waals surface area contributed by atoms with Crippen molar-refractivity contribution in [2.24, 2.45) is 0 Å². The number of nitrogens with one attached hydrogen (secondary N) is 1. The van der Waals surface area contributed by atoms with Gasteiger partial charge in [0.2, 0.25) is 5.91 Å². The minimum Gasteiger partial charge on any atom is -0.465 e. The van der Waals surface area contributed by atoms with Crippen LogP contribution in [0.2, 0.25) is 0 Å². The third kappa shape index (κ3) is 3.09. The lowest BCUT2D eigenvalue weighted by atomic mass is 9.96. The Morgan fingerprint density at radius 2 is 2.12 bits per heavy atom. The summed E-state index contributed by atoms with van der Waals surface area (Å²) in [5.74, 6) is -0.360. The number of carbonyl (C=O) groups is 3. The van der Waals surface area contributed by atoms with E-state index in [2.05, 4.69) is 15.5 Å². The van der Waals surface area contributed by atoms with Crippen molar-refractivity contribution in [2.75, 3.05) is 0 Å². The molecule has 24 heavy (non-hydrogen) atoms. The molecule has 2 heterocycles. The smallest absolute Gasteiger partial charge is 0.408 e. The molecule has 1 aromatic carbocycles. The Morgan fingerprint density at radius 1 is 1.38 bits per heavy atom. The Kier molecular flexibility index (Phi) is 4.23. The number of hydrogen-bond acceptors (Lipinski definition) is 5. The maximum Gasteiger partial charge on any atom is 0.408 e. The Balaban J connectivity index is 1.74. The van der Waals surface area contributed by atoms with E-state index in [4.69, 9.17) is 0 Å². The summed E-state index contributed by atoms with van der Waals surface area (Å²) in [5.41, 5.74) is 0.968. The van der Waals surface area contributed by atoms with E-state index in [0.29, 0.717) is 6.29 Å². The normalized spacial score (nSPS) is 19.2. The van der Waals surface area contributed by atoms with Gasteiger partial charge in [0.15, 0.2) is 6.29 Å². The number of carboxylic acid groups (broad SMARTS) is 1. The van der Waals surface area contributed by atoms with Gasteiger partial charge in [-0.15, -0.1) is 0 Å².